The minimum Gasteiger partial charge on any atom is -0.456 e. The third-order valence-electron chi connectivity index (χ3n) is 4.56. The van der Waals surface area contributed by atoms with Gasteiger partial charge in [0.25, 0.3) is 0 Å². The Hall–Kier alpha value is -2.10. The predicted molar refractivity (Wildman–Crippen MR) is 97.6 cm³/mol. The maximum absolute atomic E-state index is 12.6. The van der Waals surface area contributed by atoms with Gasteiger partial charge >= 0.3 is 5.97 Å². The first-order chi connectivity index (χ1) is 11.2. The van der Waals surface area contributed by atoms with Crippen LogP contribution < -0.4 is 4.90 Å². The third kappa shape index (κ3) is 3.23. The molecule has 1 aromatic heterocycles. The second-order valence-corrected chi connectivity index (χ2v) is 8.13. The molecule has 3 rings (SSSR count). The zero-order chi connectivity index (χ0) is 17.5. The molecule has 24 heavy (non-hydrogen) atoms. The average molecular weight is 326 g/mol. The third-order valence-corrected chi connectivity index (χ3v) is 4.56. The van der Waals surface area contributed by atoms with Crippen LogP contribution in [-0.4, -0.2) is 28.6 Å². The summed E-state index contributed by atoms with van der Waals surface area (Å²) < 4.78 is 5.56. The van der Waals surface area contributed by atoms with Crippen LogP contribution in [0.4, 0.5) is 5.69 Å². The van der Waals surface area contributed by atoms with Crippen molar-refractivity contribution in [3.05, 3.63) is 36.0 Å². The molecule has 0 saturated carbocycles. The predicted octanol–water partition coefficient (Wildman–Crippen LogP) is 4.57. The topological polar surface area (TPSA) is 42.4 Å². The number of ether oxygens (including phenoxy) is 1. The molecule has 0 N–H and O–H groups in total. The number of hydrogen-bond acceptors (Lipinski definition) is 4. The Balaban J connectivity index is 2.05. The lowest BCUT2D eigenvalue weighted by Crippen LogP contribution is -2.38. The monoisotopic (exact) mass is 326 g/mol. The summed E-state index contributed by atoms with van der Waals surface area (Å²) in [6, 6.07) is 7.91. The van der Waals surface area contributed by atoms with Gasteiger partial charge in [-0.1, -0.05) is 0 Å². The Bertz CT molecular complexity index is 775. The maximum atomic E-state index is 12.6. The van der Waals surface area contributed by atoms with Crippen LogP contribution in [0.15, 0.2) is 30.5 Å². The largest absolute Gasteiger partial charge is 0.456 e. The molecule has 128 valence electrons. The van der Waals surface area contributed by atoms with Crippen molar-refractivity contribution >= 4 is 22.6 Å². The summed E-state index contributed by atoms with van der Waals surface area (Å²) in [5.41, 5.74) is 2.17. The highest BCUT2D eigenvalue weighted by atomic mass is 16.6. The van der Waals surface area contributed by atoms with Crippen LogP contribution in [0.2, 0.25) is 0 Å². The van der Waals surface area contributed by atoms with E-state index in [2.05, 4.69) is 35.9 Å². The molecule has 2 heterocycles. The van der Waals surface area contributed by atoms with Crippen LogP contribution in [0.5, 0.6) is 0 Å². The van der Waals surface area contributed by atoms with Crippen LogP contribution in [0.25, 0.3) is 10.9 Å². The van der Waals surface area contributed by atoms with Crippen molar-refractivity contribution in [1.82, 2.24) is 4.98 Å². The molecule has 0 spiro atoms. The molecular formula is C20H26N2O2. The summed E-state index contributed by atoms with van der Waals surface area (Å²) in [6.45, 7) is 11.2. The fraction of sp³-hybridized carbons (Fsp3) is 0.500. The number of esters is 1. The van der Waals surface area contributed by atoms with Crippen molar-refractivity contribution in [2.75, 3.05) is 11.4 Å². The fourth-order valence-corrected chi connectivity index (χ4v) is 3.40. The standard InChI is InChI=1S/C20H26N2O2/c1-19(2,3)24-18(23)15-9-11-21-17-8-7-14(13-16(15)17)22-12-6-10-20(22,4)5/h7-9,11,13H,6,10,12H2,1-5H3. The number of pyridine rings is 1. The van der Waals surface area contributed by atoms with Crippen molar-refractivity contribution < 1.29 is 9.53 Å². The molecule has 2 aromatic rings. The Morgan fingerprint density at radius 3 is 2.62 bits per heavy atom. The van der Waals surface area contributed by atoms with Gasteiger partial charge in [-0.25, -0.2) is 4.79 Å². The first-order valence-corrected chi connectivity index (χ1v) is 8.57. The molecule has 0 radical (unpaired) electrons. The Morgan fingerprint density at radius 1 is 1.25 bits per heavy atom. The summed E-state index contributed by atoms with van der Waals surface area (Å²) in [5, 5.41) is 0.854. The second kappa shape index (κ2) is 5.76. The van der Waals surface area contributed by atoms with Gasteiger partial charge in [0.1, 0.15) is 5.60 Å². The number of rotatable bonds is 2. The van der Waals surface area contributed by atoms with E-state index in [1.165, 1.54) is 12.8 Å². The highest BCUT2D eigenvalue weighted by molar-refractivity contribution is 6.04. The van der Waals surface area contributed by atoms with Crippen LogP contribution in [-0.2, 0) is 4.74 Å². The summed E-state index contributed by atoms with van der Waals surface area (Å²) in [5.74, 6) is -0.298. The number of hydrogen-bond donors (Lipinski definition) is 0. The van der Waals surface area contributed by atoms with E-state index in [4.69, 9.17) is 4.74 Å². The van der Waals surface area contributed by atoms with Crippen molar-refractivity contribution in [2.24, 2.45) is 0 Å². The van der Waals surface area contributed by atoms with E-state index in [1.54, 1.807) is 12.3 Å². The van der Waals surface area contributed by atoms with Crippen LogP contribution in [0.1, 0.15) is 57.8 Å². The number of carbonyl (C=O) groups excluding carboxylic acids is 1. The highest BCUT2D eigenvalue weighted by Gasteiger charge is 2.32. The molecule has 0 bridgehead atoms. The molecule has 0 amide bonds. The van der Waals surface area contributed by atoms with E-state index in [0.29, 0.717) is 5.56 Å². The SMILES string of the molecule is CC(C)(C)OC(=O)c1ccnc2ccc(N3CCCC3(C)C)cc12. The first-order valence-electron chi connectivity index (χ1n) is 8.57. The molecule has 0 aliphatic carbocycles. The number of fused-ring (bicyclic) bond motifs is 1. The molecular weight excluding hydrogens is 300 g/mol. The summed E-state index contributed by atoms with van der Waals surface area (Å²) in [6.07, 6.45) is 4.04. The lowest BCUT2D eigenvalue weighted by Gasteiger charge is -2.34. The van der Waals surface area contributed by atoms with Crippen LogP contribution in [0, 0.1) is 0 Å². The number of aromatic nitrogens is 1. The highest BCUT2D eigenvalue weighted by Crippen LogP contribution is 2.35. The van der Waals surface area contributed by atoms with Gasteiger partial charge in [0.05, 0.1) is 11.1 Å². The summed E-state index contributed by atoms with van der Waals surface area (Å²) in [7, 11) is 0. The Morgan fingerprint density at radius 2 is 2.00 bits per heavy atom. The summed E-state index contributed by atoms with van der Waals surface area (Å²) in [4.78, 5) is 19.4. The fourth-order valence-electron chi connectivity index (χ4n) is 3.40. The minimum atomic E-state index is -0.513. The van der Waals surface area contributed by atoms with Crippen molar-refractivity contribution in [3.8, 4) is 0 Å². The number of anilines is 1. The molecule has 0 atom stereocenters. The summed E-state index contributed by atoms with van der Waals surface area (Å²) >= 11 is 0. The second-order valence-electron chi connectivity index (χ2n) is 8.13. The zero-order valence-corrected chi connectivity index (χ0v) is 15.2. The van der Waals surface area contributed by atoms with E-state index in [0.717, 1.165) is 23.1 Å². The van der Waals surface area contributed by atoms with E-state index >= 15 is 0 Å². The van der Waals surface area contributed by atoms with Crippen molar-refractivity contribution in [2.45, 2.75) is 58.6 Å². The molecule has 1 aliphatic rings. The normalized spacial score (nSPS) is 17.3. The number of benzene rings is 1. The van der Waals surface area contributed by atoms with Gasteiger partial charge in [0.2, 0.25) is 0 Å². The number of carbonyl (C=O) groups is 1. The van der Waals surface area contributed by atoms with E-state index in [1.807, 2.05) is 26.8 Å². The molecule has 1 saturated heterocycles. The van der Waals surface area contributed by atoms with E-state index < -0.39 is 5.60 Å². The average Bonchev–Trinajstić information content (AvgIpc) is 2.83. The Labute approximate surface area is 143 Å². The first kappa shape index (κ1) is 16.7. The van der Waals surface area contributed by atoms with Gasteiger partial charge in [0, 0.05) is 29.4 Å². The van der Waals surface area contributed by atoms with Crippen LogP contribution >= 0.6 is 0 Å². The molecule has 1 fully saturated rings. The van der Waals surface area contributed by atoms with Crippen molar-refractivity contribution in [3.63, 3.8) is 0 Å². The zero-order valence-electron chi connectivity index (χ0n) is 15.2. The van der Waals surface area contributed by atoms with Gasteiger partial charge in [-0.05, 0) is 71.7 Å². The smallest absolute Gasteiger partial charge is 0.339 e. The Kier molecular flexibility index (Phi) is 4.02. The lowest BCUT2D eigenvalue weighted by atomic mass is 10.0. The van der Waals surface area contributed by atoms with Crippen molar-refractivity contribution in [1.29, 1.82) is 0 Å². The van der Waals surface area contributed by atoms with Gasteiger partial charge in [-0.2, -0.15) is 0 Å². The van der Waals surface area contributed by atoms with Crippen LogP contribution in [0.3, 0.4) is 0 Å². The van der Waals surface area contributed by atoms with E-state index in [9.17, 15) is 4.79 Å². The molecule has 1 aromatic carbocycles. The lowest BCUT2D eigenvalue weighted by molar-refractivity contribution is 0.00718. The van der Waals surface area contributed by atoms with Gasteiger partial charge in [-0.3, -0.25) is 4.98 Å². The van der Waals surface area contributed by atoms with Gasteiger partial charge < -0.3 is 9.64 Å². The van der Waals surface area contributed by atoms with E-state index in [-0.39, 0.29) is 11.5 Å². The maximum Gasteiger partial charge on any atom is 0.339 e. The molecule has 0 unspecified atom stereocenters. The molecule has 4 nitrogen and oxygen atoms in total. The van der Waals surface area contributed by atoms with Gasteiger partial charge in [-0.15, -0.1) is 0 Å². The minimum absolute atomic E-state index is 0.141. The quantitative estimate of drug-likeness (QED) is 0.758. The van der Waals surface area contributed by atoms with Gasteiger partial charge in [0.15, 0.2) is 0 Å². The number of nitrogens with zero attached hydrogens (tertiary/aromatic N) is 2. The molecule has 1 aliphatic heterocycles. The molecule has 4 heteroatoms.